The molecule has 2 N–H and O–H groups in total. The lowest BCUT2D eigenvalue weighted by molar-refractivity contribution is 0.0834. The van der Waals surface area contributed by atoms with Crippen molar-refractivity contribution in [2.45, 2.75) is 49.5 Å². The van der Waals surface area contributed by atoms with Crippen LogP contribution in [0.5, 0.6) is 0 Å². The van der Waals surface area contributed by atoms with Crippen LogP contribution in [0.3, 0.4) is 0 Å². The molecule has 0 aromatic carbocycles. The van der Waals surface area contributed by atoms with Gasteiger partial charge in [-0.15, -0.1) is 11.3 Å². The molecule has 0 bridgehead atoms. The zero-order chi connectivity index (χ0) is 15.3. The first-order valence-electron chi connectivity index (χ1n) is 7.41. The molecule has 7 heteroatoms. The lowest BCUT2D eigenvalue weighted by atomic mass is 10.3. The second-order valence-corrected chi connectivity index (χ2v) is 8.68. The summed E-state index contributed by atoms with van der Waals surface area (Å²) in [5.74, 6) is 0. The zero-order valence-electron chi connectivity index (χ0n) is 12.6. The van der Waals surface area contributed by atoms with Crippen molar-refractivity contribution in [3.8, 4) is 0 Å². The quantitative estimate of drug-likeness (QED) is 0.641. The summed E-state index contributed by atoms with van der Waals surface area (Å²) in [6.45, 7) is 5.46. The molecule has 2 rings (SSSR count). The predicted octanol–water partition coefficient (Wildman–Crippen LogP) is 1.75. The summed E-state index contributed by atoms with van der Waals surface area (Å²) in [7, 11) is -3.40. The number of rotatable bonds is 10. The normalized spacial score (nSPS) is 15.8. The molecule has 0 unspecified atom stereocenters. The van der Waals surface area contributed by atoms with Crippen LogP contribution in [-0.2, 0) is 21.2 Å². The van der Waals surface area contributed by atoms with E-state index in [1.807, 2.05) is 19.9 Å². The van der Waals surface area contributed by atoms with E-state index < -0.39 is 10.0 Å². The molecule has 120 valence electrons. The van der Waals surface area contributed by atoms with Crippen LogP contribution < -0.4 is 10.0 Å². The van der Waals surface area contributed by atoms with E-state index in [1.165, 1.54) is 24.2 Å². The first-order valence-corrected chi connectivity index (χ1v) is 9.71. The van der Waals surface area contributed by atoms with Crippen LogP contribution in [-0.4, -0.2) is 40.3 Å². The highest BCUT2D eigenvalue weighted by Crippen LogP contribution is 2.22. The Morgan fingerprint density at radius 3 is 2.76 bits per heavy atom. The first kappa shape index (κ1) is 16.9. The van der Waals surface area contributed by atoms with Gasteiger partial charge in [-0.1, -0.05) is 0 Å². The minimum Gasteiger partial charge on any atom is -0.377 e. The van der Waals surface area contributed by atoms with Crippen molar-refractivity contribution in [1.29, 1.82) is 0 Å². The fraction of sp³-hybridized carbons (Fsp3) is 0.714. The van der Waals surface area contributed by atoms with Gasteiger partial charge in [0.1, 0.15) is 4.21 Å². The summed E-state index contributed by atoms with van der Waals surface area (Å²) in [6, 6.07) is 4.28. The van der Waals surface area contributed by atoms with Crippen molar-refractivity contribution in [1.82, 2.24) is 10.0 Å². The summed E-state index contributed by atoms with van der Waals surface area (Å²) in [5, 5.41) is 3.43. The van der Waals surface area contributed by atoms with Crippen molar-refractivity contribution in [3.63, 3.8) is 0 Å². The molecule has 0 aliphatic heterocycles. The highest BCUT2D eigenvalue weighted by Gasteiger charge is 2.20. The molecule has 1 aromatic heterocycles. The van der Waals surface area contributed by atoms with Gasteiger partial charge in [0.05, 0.1) is 12.7 Å². The summed E-state index contributed by atoms with van der Waals surface area (Å²) in [5.41, 5.74) is 0. The van der Waals surface area contributed by atoms with Gasteiger partial charge in [-0.2, -0.15) is 0 Å². The Labute approximate surface area is 131 Å². The van der Waals surface area contributed by atoms with Crippen LogP contribution in [0.15, 0.2) is 16.3 Å². The number of sulfonamides is 1. The van der Waals surface area contributed by atoms with Gasteiger partial charge in [-0.05, 0) is 45.2 Å². The molecule has 0 atom stereocenters. The van der Waals surface area contributed by atoms with Crippen molar-refractivity contribution in [2.75, 3.05) is 19.7 Å². The number of hydrogen-bond donors (Lipinski definition) is 2. The minimum atomic E-state index is -3.40. The number of nitrogens with one attached hydrogen (secondary N) is 2. The highest BCUT2D eigenvalue weighted by molar-refractivity contribution is 7.91. The summed E-state index contributed by atoms with van der Waals surface area (Å²) in [6.07, 6.45) is 3.54. The second kappa shape index (κ2) is 7.69. The van der Waals surface area contributed by atoms with E-state index in [1.54, 1.807) is 6.07 Å². The van der Waals surface area contributed by atoms with Crippen LogP contribution in [0, 0.1) is 0 Å². The molecule has 1 aliphatic carbocycles. The van der Waals surface area contributed by atoms with Gasteiger partial charge in [0, 0.05) is 24.0 Å². The summed E-state index contributed by atoms with van der Waals surface area (Å²) < 4.78 is 32.5. The fourth-order valence-electron chi connectivity index (χ4n) is 1.87. The van der Waals surface area contributed by atoms with E-state index in [0.717, 1.165) is 17.8 Å². The van der Waals surface area contributed by atoms with Gasteiger partial charge in [0.2, 0.25) is 10.0 Å². The molecule has 1 aliphatic rings. The monoisotopic (exact) mass is 332 g/mol. The Bertz CT molecular complexity index is 536. The van der Waals surface area contributed by atoms with Crippen molar-refractivity contribution >= 4 is 21.4 Å². The average Bonchev–Trinajstić information content (AvgIpc) is 3.10. The largest absolute Gasteiger partial charge is 0.377 e. The third-order valence-corrected chi connectivity index (χ3v) is 6.23. The Morgan fingerprint density at radius 1 is 1.33 bits per heavy atom. The topological polar surface area (TPSA) is 67.4 Å². The fourth-order valence-corrected chi connectivity index (χ4v) is 4.28. The second-order valence-electron chi connectivity index (χ2n) is 5.52. The lowest BCUT2D eigenvalue weighted by Gasteiger charge is -2.08. The predicted molar refractivity (Wildman–Crippen MR) is 85.3 cm³/mol. The number of hydrogen-bond acceptors (Lipinski definition) is 5. The Balaban J connectivity index is 1.77. The van der Waals surface area contributed by atoms with Crippen LogP contribution in [0.2, 0.25) is 0 Å². The van der Waals surface area contributed by atoms with E-state index >= 15 is 0 Å². The van der Waals surface area contributed by atoms with Crippen molar-refractivity contribution in [2.24, 2.45) is 0 Å². The van der Waals surface area contributed by atoms with E-state index in [-0.39, 0.29) is 6.10 Å². The van der Waals surface area contributed by atoms with Gasteiger partial charge in [0.25, 0.3) is 0 Å². The number of thiophene rings is 1. The van der Waals surface area contributed by atoms with Gasteiger partial charge in [-0.25, -0.2) is 13.1 Å². The standard InChI is InChI=1S/C14H24N2O3S2/c1-11(2)19-10-9-16-21(17,18)14-6-5-13(20-14)7-8-15-12-3-4-12/h5-6,11-12,15-16H,3-4,7-10H2,1-2H3. The molecular formula is C14H24N2O3S2. The van der Waals surface area contributed by atoms with Crippen LogP contribution in [0.25, 0.3) is 0 Å². The average molecular weight is 332 g/mol. The van der Waals surface area contributed by atoms with E-state index in [4.69, 9.17) is 4.74 Å². The molecule has 1 heterocycles. The molecule has 21 heavy (non-hydrogen) atoms. The van der Waals surface area contributed by atoms with Gasteiger partial charge in [-0.3, -0.25) is 0 Å². The maximum atomic E-state index is 12.1. The molecule has 5 nitrogen and oxygen atoms in total. The molecule has 0 spiro atoms. The molecule has 1 saturated carbocycles. The van der Waals surface area contributed by atoms with Crippen molar-refractivity contribution < 1.29 is 13.2 Å². The van der Waals surface area contributed by atoms with Crippen LogP contribution in [0.1, 0.15) is 31.6 Å². The van der Waals surface area contributed by atoms with Gasteiger partial charge in [0.15, 0.2) is 0 Å². The summed E-state index contributed by atoms with van der Waals surface area (Å²) >= 11 is 1.34. The lowest BCUT2D eigenvalue weighted by Crippen LogP contribution is -2.27. The van der Waals surface area contributed by atoms with Crippen molar-refractivity contribution in [3.05, 3.63) is 17.0 Å². The highest BCUT2D eigenvalue weighted by atomic mass is 32.2. The first-order chi connectivity index (χ1) is 9.97. The molecule has 0 saturated heterocycles. The SMILES string of the molecule is CC(C)OCCNS(=O)(=O)c1ccc(CCNC2CC2)s1. The Hall–Kier alpha value is -0.470. The maximum Gasteiger partial charge on any atom is 0.250 e. The van der Waals surface area contributed by atoms with E-state index in [2.05, 4.69) is 10.0 Å². The smallest absolute Gasteiger partial charge is 0.250 e. The molecular weight excluding hydrogens is 308 g/mol. The maximum absolute atomic E-state index is 12.1. The molecule has 0 radical (unpaired) electrons. The van der Waals surface area contributed by atoms with Gasteiger partial charge < -0.3 is 10.1 Å². The molecule has 1 fully saturated rings. The number of ether oxygens (including phenoxy) is 1. The van der Waals surface area contributed by atoms with Crippen LogP contribution in [0.4, 0.5) is 0 Å². The summed E-state index contributed by atoms with van der Waals surface area (Å²) in [4.78, 5) is 1.10. The zero-order valence-corrected chi connectivity index (χ0v) is 14.2. The molecule has 0 amide bonds. The van der Waals surface area contributed by atoms with E-state index in [0.29, 0.717) is 23.4 Å². The van der Waals surface area contributed by atoms with Gasteiger partial charge >= 0.3 is 0 Å². The Kier molecular flexibility index (Phi) is 6.19. The third kappa shape index (κ3) is 6.04. The minimum absolute atomic E-state index is 0.113. The van der Waals surface area contributed by atoms with E-state index in [9.17, 15) is 8.42 Å². The third-order valence-electron chi connectivity index (χ3n) is 3.13. The Morgan fingerprint density at radius 2 is 2.10 bits per heavy atom. The van der Waals surface area contributed by atoms with Crippen LogP contribution >= 0.6 is 11.3 Å². The molecule has 1 aromatic rings.